The minimum Gasteiger partial charge on any atom is -0.358 e. The molecule has 0 unspecified atom stereocenters. The molecule has 31 valence electrons. The van der Waals surface area contributed by atoms with Gasteiger partial charge in [0.2, 0.25) is 0 Å². The van der Waals surface area contributed by atoms with Gasteiger partial charge in [-0.3, -0.25) is 0 Å². The van der Waals surface area contributed by atoms with Crippen molar-refractivity contribution in [1.29, 1.82) is 0 Å². The van der Waals surface area contributed by atoms with Crippen LogP contribution in [0, 0.1) is 13.8 Å². The quantitative estimate of drug-likeness (QED) is 0.457. The van der Waals surface area contributed by atoms with Gasteiger partial charge in [-0.05, 0) is 0 Å². The van der Waals surface area contributed by atoms with Gasteiger partial charge in [-0.25, -0.2) is 0 Å². The Balaban J connectivity index is -0.0000000200. The van der Waals surface area contributed by atoms with Gasteiger partial charge >= 0.3 is 0 Å². The molecule has 0 aromatic rings. The molecule has 0 aromatic carbocycles. The van der Waals surface area contributed by atoms with Crippen molar-refractivity contribution in [3.63, 3.8) is 0 Å². The average molecular weight is 147 g/mol. The summed E-state index contributed by atoms with van der Waals surface area (Å²) in [5.74, 6) is 0. The molecule has 0 fully saturated rings. The molecule has 0 saturated heterocycles. The predicted octanol–water partition coefficient (Wildman–Crippen LogP) is 1.68. The van der Waals surface area contributed by atoms with E-state index in [1.807, 2.05) is 20.3 Å². The summed E-state index contributed by atoms with van der Waals surface area (Å²) in [5.41, 5.74) is 0. The molecule has 1 radical (unpaired) electrons. The summed E-state index contributed by atoms with van der Waals surface area (Å²) < 4.78 is 0. The van der Waals surface area contributed by atoms with Crippen molar-refractivity contribution in [1.82, 2.24) is 0 Å². The van der Waals surface area contributed by atoms with Crippen LogP contribution in [0.15, 0.2) is 0 Å². The number of hydrogen-bond donors (Lipinski definition) is 0. The fourth-order valence-corrected chi connectivity index (χ4v) is 0. The Morgan fingerprint density at radius 3 is 1.20 bits per heavy atom. The third-order valence-corrected chi connectivity index (χ3v) is 0. The molecule has 0 saturated carbocycles. The van der Waals surface area contributed by atoms with Gasteiger partial charge in [0.05, 0.1) is 0 Å². The summed E-state index contributed by atoms with van der Waals surface area (Å²) in [4.78, 5) is 0. The van der Waals surface area contributed by atoms with Crippen molar-refractivity contribution in [2.75, 3.05) is 0 Å². The van der Waals surface area contributed by atoms with Crippen molar-refractivity contribution in [2.24, 2.45) is 0 Å². The van der Waals surface area contributed by atoms with Crippen molar-refractivity contribution >= 4 is 0 Å². The maximum atomic E-state index is 2.00. The van der Waals surface area contributed by atoms with Crippen molar-refractivity contribution in [3.05, 3.63) is 13.8 Å². The molecule has 0 aliphatic heterocycles. The maximum absolute atomic E-state index is 2.00. The van der Waals surface area contributed by atoms with E-state index < -0.39 is 0 Å². The van der Waals surface area contributed by atoms with Gasteiger partial charge in [0.1, 0.15) is 0 Å². The van der Waals surface area contributed by atoms with Gasteiger partial charge in [0.25, 0.3) is 0 Å². The van der Waals surface area contributed by atoms with E-state index >= 15 is 0 Å². The molecule has 0 aliphatic carbocycles. The summed E-state index contributed by atoms with van der Waals surface area (Å²) in [6.45, 7) is 4.00. The zero-order valence-corrected chi connectivity index (χ0v) is 6.99. The van der Waals surface area contributed by atoms with E-state index in [0.29, 0.717) is 0 Å². The molecule has 0 aliphatic rings. The fraction of sp³-hybridized carbons (Fsp3) is 0.500. The average Bonchev–Trinajstić information content (AvgIpc) is 0.918. The Kier molecular flexibility index (Phi) is 64.1. The molecular weight excluding hydrogens is 137 g/mol. The van der Waals surface area contributed by atoms with Gasteiger partial charge in [0, 0.05) is 32.7 Å². The Hall–Kier alpha value is 1.10. The minimum atomic E-state index is 0. The second-order valence-electron chi connectivity index (χ2n) is 0.577. The van der Waals surface area contributed by atoms with E-state index in [2.05, 4.69) is 0 Å². The zero-order chi connectivity index (χ0) is 2.71. The van der Waals surface area contributed by atoms with Crippen LogP contribution in [0.4, 0.5) is 0 Å². The standard InChI is InChI=1S/C3H7.CH3.Y/c1-3-2;;/h3H,1-2H3;1H3;/q2*-1;. The first kappa shape index (κ1) is 16.5. The molecular formula is C4H10Y-2. The van der Waals surface area contributed by atoms with E-state index in [1.165, 1.54) is 0 Å². The van der Waals surface area contributed by atoms with Crippen LogP contribution in [0.5, 0.6) is 0 Å². The molecule has 0 aromatic heterocycles. The largest absolute Gasteiger partial charge is 0.358 e. The first-order valence-electron chi connectivity index (χ1n) is 1.15. The fourth-order valence-electron chi connectivity index (χ4n) is 0. The van der Waals surface area contributed by atoms with E-state index in [9.17, 15) is 0 Å². The van der Waals surface area contributed by atoms with Crippen LogP contribution in [0.3, 0.4) is 0 Å². The van der Waals surface area contributed by atoms with E-state index in [4.69, 9.17) is 0 Å². The van der Waals surface area contributed by atoms with Gasteiger partial charge in [0.15, 0.2) is 0 Å². The molecule has 0 bridgehead atoms. The second-order valence-corrected chi connectivity index (χ2v) is 0.577. The third kappa shape index (κ3) is 40.4. The SMILES string of the molecule is C[CH-]C.[CH3-].[Y]. The van der Waals surface area contributed by atoms with Crippen LogP contribution >= 0.6 is 0 Å². The Labute approximate surface area is 60.2 Å². The molecule has 5 heavy (non-hydrogen) atoms. The zero-order valence-electron chi connectivity index (χ0n) is 4.15. The first-order valence-corrected chi connectivity index (χ1v) is 1.15. The topological polar surface area (TPSA) is 0 Å². The number of rotatable bonds is 0. The molecule has 0 spiro atoms. The Morgan fingerprint density at radius 1 is 1.20 bits per heavy atom. The van der Waals surface area contributed by atoms with Gasteiger partial charge < -0.3 is 13.8 Å². The van der Waals surface area contributed by atoms with Gasteiger partial charge in [-0.15, -0.1) is 0 Å². The van der Waals surface area contributed by atoms with E-state index in [0.717, 1.165) is 0 Å². The second kappa shape index (κ2) is 19.4. The normalized spacial score (nSPS) is 3.60. The molecule has 0 rings (SSSR count). The summed E-state index contributed by atoms with van der Waals surface area (Å²) in [6, 6.07) is 0. The number of hydrogen-bond acceptors (Lipinski definition) is 0. The van der Waals surface area contributed by atoms with E-state index in [1.54, 1.807) is 0 Å². The van der Waals surface area contributed by atoms with Crippen LogP contribution < -0.4 is 0 Å². The predicted molar refractivity (Wildman–Crippen MR) is 22.1 cm³/mol. The van der Waals surface area contributed by atoms with Crippen molar-refractivity contribution in [3.8, 4) is 0 Å². The summed E-state index contributed by atoms with van der Waals surface area (Å²) in [6.07, 6.45) is 2.00. The summed E-state index contributed by atoms with van der Waals surface area (Å²) >= 11 is 0. The minimum absolute atomic E-state index is 0. The Morgan fingerprint density at radius 2 is 1.20 bits per heavy atom. The van der Waals surface area contributed by atoms with Gasteiger partial charge in [-0.1, -0.05) is 0 Å². The van der Waals surface area contributed by atoms with Crippen LogP contribution in [0.25, 0.3) is 0 Å². The van der Waals surface area contributed by atoms with Crippen molar-refractivity contribution in [2.45, 2.75) is 13.8 Å². The first-order chi connectivity index (χ1) is 1.41. The third-order valence-electron chi connectivity index (χ3n) is 0. The maximum Gasteiger partial charge on any atom is 0 e. The van der Waals surface area contributed by atoms with E-state index in [-0.39, 0.29) is 40.1 Å². The van der Waals surface area contributed by atoms with Crippen LogP contribution in [0.1, 0.15) is 13.8 Å². The Bertz CT molecular complexity index is 3.61. The van der Waals surface area contributed by atoms with Crippen LogP contribution in [-0.4, -0.2) is 0 Å². The molecule has 0 amide bonds. The summed E-state index contributed by atoms with van der Waals surface area (Å²) in [5, 5.41) is 0. The van der Waals surface area contributed by atoms with Crippen LogP contribution in [-0.2, 0) is 32.7 Å². The van der Waals surface area contributed by atoms with Crippen molar-refractivity contribution < 1.29 is 32.7 Å². The van der Waals surface area contributed by atoms with Crippen LogP contribution in [0.2, 0.25) is 0 Å². The molecule has 0 nitrogen and oxygen atoms in total. The monoisotopic (exact) mass is 147 g/mol. The molecule has 0 atom stereocenters. The summed E-state index contributed by atoms with van der Waals surface area (Å²) in [7, 11) is 0. The van der Waals surface area contributed by atoms with Gasteiger partial charge in [-0.2, -0.15) is 13.8 Å². The molecule has 1 heteroatoms. The molecule has 0 N–H and O–H groups in total. The molecule has 0 heterocycles. The smallest absolute Gasteiger partial charge is 0 e.